The van der Waals surface area contributed by atoms with Crippen LogP contribution in [-0.4, -0.2) is 30.8 Å². The molecule has 3 N–H and O–H groups in total. The minimum atomic E-state index is -0.921. The molecule has 2 aromatic carbocycles. The number of aryl methyl sites for hydroxylation is 1. The summed E-state index contributed by atoms with van der Waals surface area (Å²) in [6.07, 6.45) is 10.4. The zero-order valence-electron chi connectivity index (χ0n) is 23.8. The van der Waals surface area contributed by atoms with Gasteiger partial charge in [-0.1, -0.05) is 0 Å². The number of halogens is 2. The Kier molecular flexibility index (Phi) is 8.20. The Labute approximate surface area is 249 Å². The Morgan fingerprint density at radius 1 is 1.11 bits per heavy atom. The normalized spacial score (nSPS) is 13.7. The standard InChI is InChI=1S/C31H27F2N7O4/c1-18(2)39-15-23(30(42)40(31(39)43)22-7-4-20(32)5-8-22)29(41)37-21-6-9-27(24(33)13-21)44-28-12-19(14-35-25(28)10-11-34)26-16-38(3)17-36-26/h4-18,34-35H,1-3H3,(H,37,41)/b25-10-,34-11?. The topological polar surface area (TPSA) is 136 Å². The first-order chi connectivity index (χ1) is 21.0. The van der Waals surface area contributed by atoms with Crippen LogP contribution >= 0.6 is 0 Å². The molecule has 0 radical (unpaired) electrons. The van der Waals surface area contributed by atoms with E-state index in [0.717, 1.165) is 35.2 Å². The molecular formula is C31H27F2N7O4. The first-order valence-electron chi connectivity index (χ1n) is 13.4. The van der Waals surface area contributed by atoms with Crippen molar-refractivity contribution in [1.29, 1.82) is 5.41 Å². The Morgan fingerprint density at radius 2 is 1.86 bits per heavy atom. The highest BCUT2D eigenvalue weighted by Gasteiger charge is 2.21. The summed E-state index contributed by atoms with van der Waals surface area (Å²) >= 11 is 0. The van der Waals surface area contributed by atoms with Gasteiger partial charge in [-0.3, -0.25) is 14.2 Å². The molecule has 4 aromatic rings. The van der Waals surface area contributed by atoms with E-state index >= 15 is 4.39 Å². The SMILES string of the molecule is CC(C)n1cc(C(=O)Nc2ccc(OC3=CC(c4cn(C)cn4)=CN/C3=C\C=N)c(F)c2)c(=O)n(-c2ccc(F)cc2)c1=O. The van der Waals surface area contributed by atoms with Gasteiger partial charge in [-0.15, -0.1) is 0 Å². The van der Waals surface area contributed by atoms with Gasteiger partial charge in [0.25, 0.3) is 11.5 Å². The largest absolute Gasteiger partial charge is 0.452 e. The van der Waals surface area contributed by atoms with Gasteiger partial charge in [0, 0.05) is 55.2 Å². The molecule has 5 rings (SSSR count). The number of dihydropyridines is 1. The lowest BCUT2D eigenvalue weighted by atomic mass is 10.1. The molecule has 0 saturated carbocycles. The van der Waals surface area contributed by atoms with Crippen molar-refractivity contribution in [3.63, 3.8) is 0 Å². The Bertz CT molecular complexity index is 1980. The predicted molar refractivity (Wildman–Crippen MR) is 161 cm³/mol. The third-order valence-electron chi connectivity index (χ3n) is 6.60. The molecule has 11 nitrogen and oxygen atoms in total. The summed E-state index contributed by atoms with van der Waals surface area (Å²) in [6.45, 7) is 3.40. The fraction of sp³-hybridized carbons (Fsp3) is 0.129. The Morgan fingerprint density at radius 3 is 2.50 bits per heavy atom. The molecule has 0 spiro atoms. The minimum absolute atomic E-state index is 0.0231. The number of rotatable bonds is 8. The van der Waals surface area contributed by atoms with Crippen molar-refractivity contribution in [3.05, 3.63) is 135 Å². The van der Waals surface area contributed by atoms with E-state index in [1.54, 1.807) is 43.2 Å². The van der Waals surface area contributed by atoms with Crippen molar-refractivity contribution in [1.82, 2.24) is 24.0 Å². The molecule has 0 atom stereocenters. The lowest BCUT2D eigenvalue weighted by Gasteiger charge is -2.19. The van der Waals surface area contributed by atoms with Gasteiger partial charge in [-0.2, -0.15) is 0 Å². The number of hydrogen-bond acceptors (Lipinski definition) is 7. The van der Waals surface area contributed by atoms with Crippen molar-refractivity contribution in [2.45, 2.75) is 19.9 Å². The summed E-state index contributed by atoms with van der Waals surface area (Å²) in [4.78, 5) is 43.9. The molecule has 1 aliphatic heterocycles. The van der Waals surface area contributed by atoms with Crippen LogP contribution < -0.4 is 26.6 Å². The van der Waals surface area contributed by atoms with Crippen molar-refractivity contribution < 1.29 is 18.3 Å². The number of allylic oxidation sites excluding steroid dienone is 3. The van der Waals surface area contributed by atoms with Crippen LogP contribution in [0.3, 0.4) is 0 Å². The number of aromatic nitrogens is 4. The summed E-state index contributed by atoms with van der Waals surface area (Å²) in [6, 6.07) is 8.01. The zero-order chi connectivity index (χ0) is 31.5. The highest BCUT2D eigenvalue weighted by atomic mass is 19.1. The number of hydrogen-bond donors (Lipinski definition) is 3. The second-order valence-corrected chi connectivity index (χ2v) is 10.1. The van der Waals surface area contributed by atoms with E-state index in [0.29, 0.717) is 17.0 Å². The predicted octanol–water partition coefficient (Wildman–Crippen LogP) is 4.28. The molecule has 1 aliphatic rings. The number of ether oxygens (including phenoxy) is 1. The van der Waals surface area contributed by atoms with Gasteiger partial charge in [0.2, 0.25) is 0 Å². The maximum atomic E-state index is 15.3. The van der Waals surface area contributed by atoms with E-state index in [2.05, 4.69) is 15.6 Å². The molecular weight excluding hydrogens is 572 g/mol. The summed E-state index contributed by atoms with van der Waals surface area (Å²) < 4.78 is 38.4. The summed E-state index contributed by atoms with van der Waals surface area (Å²) in [5.74, 6) is -2.19. The summed E-state index contributed by atoms with van der Waals surface area (Å²) in [7, 11) is 1.83. The average molecular weight is 600 g/mol. The average Bonchev–Trinajstić information content (AvgIpc) is 3.42. The Hall–Kier alpha value is -5.85. The van der Waals surface area contributed by atoms with Crippen LogP contribution in [0, 0.1) is 17.0 Å². The third-order valence-corrected chi connectivity index (χ3v) is 6.60. The van der Waals surface area contributed by atoms with Gasteiger partial charge in [-0.05, 0) is 62.4 Å². The van der Waals surface area contributed by atoms with Gasteiger partial charge in [0.1, 0.15) is 11.4 Å². The molecule has 44 heavy (non-hydrogen) atoms. The van der Waals surface area contributed by atoms with Crippen LogP contribution in [0.4, 0.5) is 14.5 Å². The van der Waals surface area contributed by atoms with Crippen LogP contribution in [0.1, 0.15) is 35.9 Å². The second-order valence-electron chi connectivity index (χ2n) is 10.1. The highest BCUT2D eigenvalue weighted by molar-refractivity contribution is 6.03. The lowest BCUT2D eigenvalue weighted by Crippen LogP contribution is -2.42. The number of anilines is 1. The number of carbonyl (C=O) groups excluding carboxylic acids is 1. The molecule has 0 aliphatic carbocycles. The Balaban J connectivity index is 1.43. The van der Waals surface area contributed by atoms with Crippen molar-refractivity contribution in [3.8, 4) is 11.4 Å². The van der Waals surface area contributed by atoms with Crippen LogP contribution in [0.15, 0.2) is 101 Å². The first kappa shape index (κ1) is 29.6. The number of imidazole rings is 1. The molecule has 224 valence electrons. The second kappa shape index (κ2) is 12.2. The molecule has 3 heterocycles. The van der Waals surface area contributed by atoms with Crippen LogP contribution in [0.2, 0.25) is 0 Å². The highest BCUT2D eigenvalue weighted by Crippen LogP contribution is 2.28. The van der Waals surface area contributed by atoms with Crippen LogP contribution in [-0.2, 0) is 7.05 Å². The number of nitrogens with zero attached hydrogens (tertiary/aromatic N) is 4. The summed E-state index contributed by atoms with van der Waals surface area (Å²) in [5, 5.41) is 12.9. The van der Waals surface area contributed by atoms with Crippen molar-refractivity contribution >= 4 is 23.4 Å². The van der Waals surface area contributed by atoms with Gasteiger partial charge >= 0.3 is 5.69 Å². The zero-order valence-corrected chi connectivity index (χ0v) is 23.8. The van der Waals surface area contributed by atoms with Gasteiger partial charge in [-0.25, -0.2) is 23.1 Å². The lowest BCUT2D eigenvalue weighted by molar-refractivity contribution is 0.102. The molecule has 0 fully saturated rings. The smallest absolute Gasteiger partial charge is 0.335 e. The number of nitrogens with one attached hydrogen (secondary N) is 3. The minimum Gasteiger partial charge on any atom is -0.452 e. The van der Waals surface area contributed by atoms with Crippen LogP contribution in [0.25, 0.3) is 11.3 Å². The van der Waals surface area contributed by atoms with E-state index in [1.807, 2.05) is 7.05 Å². The fourth-order valence-electron chi connectivity index (χ4n) is 4.39. The quantitative estimate of drug-likeness (QED) is 0.259. The van der Waals surface area contributed by atoms with E-state index in [4.69, 9.17) is 10.1 Å². The molecule has 13 heteroatoms. The van der Waals surface area contributed by atoms with Crippen molar-refractivity contribution in [2.75, 3.05) is 5.32 Å². The van der Waals surface area contributed by atoms with Crippen molar-refractivity contribution in [2.24, 2.45) is 7.05 Å². The first-order valence-corrected chi connectivity index (χ1v) is 13.4. The molecule has 0 unspecified atom stereocenters. The maximum Gasteiger partial charge on any atom is 0.335 e. The monoisotopic (exact) mass is 599 g/mol. The van der Waals surface area contributed by atoms with Gasteiger partial charge < -0.3 is 25.3 Å². The maximum absolute atomic E-state index is 15.3. The molecule has 0 bridgehead atoms. The molecule has 1 amide bonds. The molecule has 2 aromatic heterocycles. The number of carbonyl (C=O) groups is 1. The van der Waals surface area contributed by atoms with Gasteiger partial charge in [0.15, 0.2) is 17.3 Å². The van der Waals surface area contributed by atoms with E-state index in [9.17, 15) is 18.8 Å². The third kappa shape index (κ3) is 6.02. The van der Waals surface area contributed by atoms with Crippen LogP contribution in [0.5, 0.6) is 5.75 Å². The summed E-state index contributed by atoms with van der Waals surface area (Å²) in [5.41, 5.74) is -0.166. The molecule has 0 saturated heterocycles. The van der Waals surface area contributed by atoms with E-state index in [1.165, 1.54) is 34.9 Å². The van der Waals surface area contributed by atoms with Gasteiger partial charge in [0.05, 0.1) is 23.4 Å². The van der Waals surface area contributed by atoms with E-state index < -0.39 is 34.8 Å². The number of benzene rings is 2. The number of amides is 1. The fourth-order valence-corrected chi connectivity index (χ4v) is 4.39. The van der Waals surface area contributed by atoms with E-state index in [-0.39, 0.29) is 28.4 Å².